The van der Waals surface area contributed by atoms with Crippen LogP contribution in [0.1, 0.15) is 0 Å². The van der Waals surface area contributed by atoms with E-state index < -0.39 is 0 Å². The summed E-state index contributed by atoms with van der Waals surface area (Å²) in [5, 5.41) is 17.2. The van der Waals surface area contributed by atoms with Crippen LogP contribution in [0, 0.1) is 5.41 Å². The molecule has 0 saturated heterocycles. The van der Waals surface area contributed by atoms with Gasteiger partial charge in [-0.15, -0.1) is 0 Å². The van der Waals surface area contributed by atoms with E-state index in [0.29, 0.717) is 5.58 Å². The van der Waals surface area contributed by atoms with Gasteiger partial charge in [-0.3, -0.25) is 5.41 Å². The van der Waals surface area contributed by atoms with E-state index in [-0.39, 0.29) is 11.3 Å². The number of phenols is 1. The van der Waals surface area contributed by atoms with Crippen molar-refractivity contribution < 1.29 is 9.52 Å². The second-order valence-electron chi connectivity index (χ2n) is 2.52. The molecule has 1 heterocycles. The van der Waals surface area contributed by atoms with Crippen molar-refractivity contribution in [2.75, 3.05) is 0 Å². The van der Waals surface area contributed by atoms with Crippen LogP contribution in [0.25, 0.3) is 11.0 Å². The molecule has 0 fully saturated rings. The zero-order valence-corrected chi connectivity index (χ0v) is 6.24. The Bertz CT molecular complexity index is 473. The van der Waals surface area contributed by atoms with Crippen molar-refractivity contribution in [2.24, 2.45) is 0 Å². The highest BCUT2D eigenvalue weighted by molar-refractivity contribution is 5.77. The Hall–Kier alpha value is -1.77. The Morgan fingerprint density at radius 2 is 1.92 bits per heavy atom. The monoisotopic (exact) mass is 161 g/mol. The summed E-state index contributed by atoms with van der Waals surface area (Å²) in [7, 11) is 0. The average molecular weight is 161 g/mol. The van der Waals surface area contributed by atoms with Crippen LogP contribution >= 0.6 is 0 Å². The minimum absolute atomic E-state index is 0.0908. The molecule has 0 aliphatic rings. The van der Waals surface area contributed by atoms with Crippen LogP contribution in [0.3, 0.4) is 0 Å². The highest BCUT2D eigenvalue weighted by Gasteiger charge is 1.95. The molecule has 0 amide bonds. The number of fused-ring (bicyclic) bond motifs is 1. The van der Waals surface area contributed by atoms with E-state index in [1.54, 1.807) is 24.3 Å². The Kier molecular flexibility index (Phi) is 1.37. The first kappa shape index (κ1) is 6.91. The minimum atomic E-state index is 0.0908. The summed E-state index contributed by atoms with van der Waals surface area (Å²) in [5.41, 5.74) is 0.621. The molecule has 0 saturated carbocycles. The Morgan fingerprint density at radius 1 is 1.17 bits per heavy atom. The number of benzene rings is 1. The molecular weight excluding hydrogens is 154 g/mol. The fraction of sp³-hybridized carbons (Fsp3) is 0. The van der Waals surface area contributed by atoms with Crippen molar-refractivity contribution in [2.45, 2.75) is 0 Å². The van der Waals surface area contributed by atoms with Crippen molar-refractivity contribution in [3.63, 3.8) is 0 Å². The lowest BCUT2D eigenvalue weighted by Gasteiger charge is -1.95. The van der Waals surface area contributed by atoms with Crippen molar-refractivity contribution in [1.82, 2.24) is 0 Å². The maximum absolute atomic E-state index is 9.10. The predicted octanol–water partition coefficient (Wildman–Crippen LogP) is 1.62. The number of hydrogen-bond donors (Lipinski definition) is 2. The molecule has 2 N–H and O–H groups in total. The molecular formula is C9H7NO2. The molecule has 0 spiro atoms. The third-order valence-corrected chi connectivity index (χ3v) is 1.63. The Morgan fingerprint density at radius 3 is 2.75 bits per heavy atom. The van der Waals surface area contributed by atoms with E-state index in [0.717, 1.165) is 5.39 Å². The molecule has 0 aliphatic carbocycles. The van der Waals surface area contributed by atoms with Gasteiger partial charge in [-0.1, -0.05) is 0 Å². The van der Waals surface area contributed by atoms with Crippen molar-refractivity contribution in [3.8, 4) is 5.75 Å². The van der Waals surface area contributed by atoms with E-state index >= 15 is 0 Å². The van der Waals surface area contributed by atoms with E-state index in [4.69, 9.17) is 14.9 Å². The number of nitrogens with one attached hydrogen (secondary N) is 1. The molecule has 0 unspecified atom stereocenters. The molecule has 60 valence electrons. The summed E-state index contributed by atoms with van der Waals surface area (Å²) in [6.07, 6.45) is 0. The minimum Gasteiger partial charge on any atom is -0.508 e. The predicted molar refractivity (Wildman–Crippen MR) is 43.7 cm³/mol. The van der Waals surface area contributed by atoms with Gasteiger partial charge < -0.3 is 9.52 Å². The van der Waals surface area contributed by atoms with Crippen LogP contribution in [-0.2, 0) is 0 Å². The number of phenolic OH excluding ortho intramolecular Hbond substituents is 1. The normalized spacial score (nSPS) is 10.3. The maximum atomic E-state index is 9.10. The summed E-state index contributed by atoms with van der Waals surface area (Å²) in [6, 6.07) is 8.17. The molecule has 12 heavy (non-hydrogen) atoms. The van der Waals surface area contributed by atoms with Gasteiger partial charge in [0.05, 0.1) is 0 Å². The molecule has 2 rings (SSSR count). The van der Waals surface area contributed by atoms with Crippen molar-refractivity contribution in [1.29, 1.82) is 5.41 Å². The van der Waals surface area contributed by atoms with Gasteiger partial charge in [0.2, 0.25) is 5.55 Å². The van der Waals surface area contributed by atoms with Gasteiger partial charge in [0.25, 0.3) is 0 Å². The molecule has 3 nitrogen and oxygen atoms in total. The quantitative estimate of drug-likeness (QED) is 0.616. The molecule has 1 aromatic carbocycles. The van der Waals surface area contributed by atoms with Crippen LogP contribution in [0.4, 0.5) is 0 Å². The lowest BCUT2D eigenvalue weighted by atomic mass is 10.2. The molecule has 0 radical (unpaired) electrons. The Balaban J connectivity index is 2.89. The van der Waals surface area contributed by atoms with Gasteiger partial charge in [-0.25, -0.2) is 0 Å². The average Bonchev–Trinajstić information content (AvgIpc) is 2.03. The summed E-state index contributed by atoms with van der Waals surface area (Å²) in [6.45, 7) is 0. The highest BCUT2D eigenvalue weighted by Crippen LogP contribution is 2.17. The van der Waals surface area contributed by atoms with E-state index in [2.05, 4.69) is 0 Å². The highest BCUT2D eigenvalue weighted by atomic mass is 16.3. The summed E-state index contributed by atoms with van der Waals surface area (Å²) < 4.78 is 5.05. The molecule has 2 aromatic rings. The summed E-state index contributed by atoms with van der Waals surface area (Å²) in [5.74, 6) is 0.150. The number of hydrogen-bond acceptors (Lipinski definition) is 3. The SMILES string of the molecule is N=c1ccc2ccc(O)cc2o1. The van der Waals surface area contributed by atoms with Crippen LogP contribution in [0.5, 0.6) is 5.75 Å². The van der Waals surface area contributed by atoms with E-state index in [9.17, 15) is 0 Å². The third kappa shape index (κ3) is 1.05. The first-order valence-corrected chi connectivity index (χ1v) is 3.53. The molecule has 0 atom stereocenters. The third-order valence-electron chi connectivity index (χ3n) is 1.63. The lowest BCUT2D eigenvalue weighted by molar-refractivity contribution is 0.472. The van der Waals surface area contributed by atoms with Crippen LogP contribution in [0.15, 0.2) is 34.7 Å². The van der Waals surface area contributed by atoms with Crippen molar-refractivity contribution in [3.05, 3.63) is 35.9 Å². The van der Waals surface area contributed by atoms with Crippen LogP contribution < -0.4 is 5.55 Å². The van der Waals surface area contributed by atoms with E-state index in [1.807, 2.05) is 0 Å². The van der Waals surface area contributed by atoms with Gasteiger partial charge in [-0.05, 0) is 18.2 Å². The molecule has 1 aromatic heterocycles. The van der Waals surface area contributed by atoms with Crippen LogP contribution in [-0.4, -0.2) is 5.11 Å². The number of aromatic hydroxyl groups is 1. The smallest absolute Gasteiger partial charge is 0.211 e. The van der Waals surface area contributed by atoms with Gasteiger partial charge in [0, 0.05) is 17.5 Å². The summed E-state index contributed by atoms with van der Waals surface area (Å²) in [4.78, 5) is 0. The second kappa shape index (κ2) is 2.37. The maximum Gasteiger partial charge on any atom is 0.211 e. The van der Waals surface area contributed by atoms with Crippen LogP contribution in [0.2, 0.25) is 0 Å². The van der Waals surface area contributed by atoms with E-state index in [1.165, 1.54) is 6.07 Å². The van der Waals surface area contributed by atoms with Gasteiger partial charge in [-0.2, -0.15) is 0 Å². The number of rotatable bonds is 0. The fourth-order valence-corrected chi connectivity index (χ4v) is 1.07. The molecule has 3 heteroatoms. The largest absolute Gasteiger partial charge is 0.508 e. The first-order valence-electron chi connectivity index (χ1n) is 3.53. The zero-order valence-electron chi connectivity index (χ0n) is 6.24. The standard InChI is InChI=1S/C9H7NO2/c10-9-4-2-6-1-3-7(11)5-8(6)12-9/h1-5,10-11H. The van der Waals surface area contributed by atoms with Gasteiger partial charge in [0.15, 0.2) is 0 Å². The molecule has 0 aliphatic heterocycles. The summed E-state index contributed by atoms with van der Waals surface area (Å²) >= 11 is 0. The molecule has 0 bridgehead atoms. The van der Waals surface area contributed by atoms with Crippen molar-refractivity contribution >= 4 is 11.0 Å². The fourth-order valence-electron chi connectivity index (χ4n) is 1.07. The van der Waals surface area contributed by atoms with Gasteiger partial charge >= 0.3 is 0 Å². The first-order chi connectivity index (χ1) is 5.75. The second-order valence-corrected chi connectivity index (χ2v) is 2.52. The zero-order chi connectivity index (χ0) is 8.55. The topological polar surface area (TPSA) is 57.2 Å². The Labute approximate surface area is 68.4 Å². The lowest BCUT2D eigenvalue weighted by Crippen LogP contribution is -1.94. The van der Waals surface area contributed by atoms with Gasteiger partial charge in [0.1, 0.15) is 11.3 Å².